The van der Waals surface area contributed by atoms with E-state index in [1.54, 1.807) is 0 Å². The van der Waals surface area contributed by atoms with E-state index < -0.39 is 5.54 Å². The fourth-order valence-corrected chi connectivity index (χ4v) is 6.22. The summed E-state index contributed by atoms with van der Waals surface area (Å²) in [5.41, 5.74) is 10.8. The van der Waals surface area contributed by atoms with Crippen LogP contribution in [0.2, 0.25) is 0 Å². The number of halogens is 1. The van der Waals surface area contributed by atoms with Crippen LogP contribution < -0.4 is 5.12 Å². The molecule has 3 aromatic rings. The topological polar surface area (TPSA) is 20.3 Å². The second-order valence-electron chi connectivity index (χ2n) is 12.2. The molecule has 1 unspecified atom stereocenters. The lowest BCUT2D eigenvalue weighted by Gasteiger charge is -2.24. The third kappa shape index (κ3) is 5.33. The lowest BCUT2D eigenvalue weighted by atomic mass is 9.85. The van der Waals surface area contributed by atoms with Gasteiger partial charge in [-0.15, -0.1) is 0 Å². The van der Waals surface area contributed by atoms with E-state index in [4.69, 9.17) is 0 Å². The number of aryl methyl sites for hydroxylation is 2. The summed E-state index contributed by atoms with van der Waals surface area (Å²) in [6.45, 7) is 10.2. The molecule has 0 radical (unpaired) electrons. The standard InChI is InChI=1S/C36H42FNO/c1-6-8-10-25-13-15-26(16-14-25)34-31(28-18-20-33-30(22-28)23-36(4,5)38(33)37)12-9-11-27-21-29(17-19-32(27)34)35(39)24(3)7-2/h13-22,24H,6-12,23H2,1-5H3. The second-order valence-corrected chi connectivity index (χ2v) is 12.2. The van der Waals surface area contributed by atoms with Crippen molar-refractivity contribution in [2.75, 3.05) is 5.12 Å². The number of allylic oxidation sites excluding steroid dienone is 1. The highest BCUT2D eigenvalue weighted by molar-refractivity contribution is 6.02. The zero-order valence-corrected chi connectivity index (χ0v) is 24.2. The Morgan fingerprint density at radius 1 is 0.949 bits per heavy atom. The number of anilines is 1. The smallest absolute Gasteiger partial charge is 0.165 e. The number of carbonyl (C=O) groups is 1. The summed E-state index contributed by atoms with van der Waals surface area (Å²) in [7, 11) is 0. The Morgan fingerprint density at radius 2 is 1.69 bits per heavy atom. The zero-order chi connectivity index (χ0) is 27.7. The molecule has 0 saturated carbocycles. The van der Waals surface area contributed by atoms with Crippen LogP contribution in [0.15, 0.2) is 60.7 Å². The molecule has 1 aliphatic heterocycles. The van der Waals surface area contributed by atoms with Crippen molar-refractivity contribution in [3.8, 4) is 0 Å². The molecule has 2 aliphatic rings. The summed E-state index contributed by atoms with van der Waals surface area (Å²) in [6.07, 6.45) is 7.92. The Labute approximate surface area is 233 Å². The van der Waals surface area contributed by atoms with Crippen LogP contribution in [0.4, 0.5) is 10.2 Å². The van der Waals surface area contributed by atoms with Crippen LogP contribution in [0.1, 0.15) is 110 Å². The van der Waals surface area contributed by atoms with Gasteiger partial charge in [-0.05, 0) is 122 Å². The van der Waals surface area contributed by atoms with Gasteiger partial charge in [0.15, 0.2) is 5.78 Å². The third-order valence-electron chi connectivity index (χ3n) is 8.75. The van der Waals surface area contributed by atoms with Gasteiger partial charge in [0.1, 0.15) is 0 Å². The number of rotatable bonds is 8. The van der Waals surface area contributed by atoms with Gasteiger partial charge in [-0.2, -0.15) is 0 Å². The van der Waals surface area contributed by atoms with Gasteiger partial charge < -0.3 is 0 Å². The number of Topliss-reactive ketones (excluding diaryl/α,β-unsaturated/α-hetero) is 1. The second kappa shape index (κ2) is 11.1. The summed E-state index contributed by atoms with van der Waals surface area (Å²) in [5.74, 6) is 0.258. The molecule has 0 fully saturated rings. The maximum atomic E-state index is 15.0. The number of benzene rings is 3. The predicted molar refractivity (Wildman–Crippen MR) is 162 cm³/mol. The van der Waals surface area contributed by atoms with E-state index in [0.29, 0.717) is 12.1 Å². The zero-order valence-electron chi connectivity index (χ0n) is 24.2. The van der Waals surface area contributed by atoms with Gasteiger partial charge in [0.05, 0.1) is 11.2 Å². The average molecular weight is 524 g/mol. The van der Waals surface area contributed by atoms with E-state index in [2.05, 4.69) is 62.4 Å². The van der Waals surface area contributed by atoms with Crippen molar-refractivity contribution in [1.29, 1.82) is 0 Å². The van der Waals surface area contributed by atoms with Crippen molar-refractivity contribution in [1.82, 2.24) is 0 Å². The minimum Gasteiger partial charge on any atom is -0.294 e. The van der Waals surface area contributed by atoms with Crippen molar-refractivity contribution < 1.29 is 9.28 Å². The molecular formula is C36H42FNO. The Balaban J connectivity index is 1.65. The minimum atomic E-state index is -0.527. The van der Waals surface area contributed by atoms with Crippen LogP contribution in [0.25, 0.3) is 11.1 Å². The molecule has 0 bridgehead atoms. The molecule has 3 aromatic carbocycles. The Hall–Kier alpha value is -3.20. The van der Waals surface area contributed by atoms with Crippen LogP contribution in [0, 0.1) is 5.92 Å². The van der Waals surface area contributed by atoms with Crippen LogP contribution >= 0.6 is 0 Å². The molecule has 0 N–H and O–H groups in total. The molecule has 39 heavy (non-hydrogen) atoms. The van der Waals surface area contributed by atoms with Gasteiger partial charge in [-0.25, -0.2) is 5.12 Å². The largest absolute Gasteiger partial charge is 0.294 e. The normalized spacial score (nSPS) is 17.0. The van der Waals surface area contributed by atoms with Crippen LogP contribution in [-0.2, 0) is 19.3 Å². The lowest BCUT2D eigenvalue weighted by Crippen LogP contribution is -2.34. The Morgan fingerprint density at radius 3 is 2.41 bits per heavy atom. The van der Waals surface area contributed by atoms with Gasteiger partial charge in [-0.1, -0.05) is 74.1 Å². The van der Waals surface area contributed by atoms with Crippen LogP contribution in [-0.4, -0.2) is 11.3 Å². The first-order valence-electron chi connectivity index (χ1n) is 14.8. The van der Waals surface area contributed by atoms with Crippen molar-refractivity contribution >= 4 is 22.6 Å². The number of carbonyl (C=O) groups excluding carboxylic acids is 1. The Bertz CT molecular complexity index is 1400. The number of hydrogen-bond acceptors (Lipinski definition) is 2. The highest BCUT2D eigenvalue weighted by Gasteiger charge is 2.37. The first kappa shape index (κ1) is 27.4. The molecule has 0 amide bonds. The van der Waals surface area contributed by atoms with Gasteiger partial charge in [0, 0.05) is 11.5 Å². The van der Waals surface area contributed by atoms with Crippen molar-refractivity contribution in [2.45, 2.75) is 91.5 Å². The number of ketones is 1. The van der Waals surface area contributed by atoms with E-state index in [1.165, 1.54) is 51.8 Å². The highest BCUT2D eigenvalue weighted by Crippen LogP contribution is 2.44. The van der Waals surface area contributed by atoms with E-state index in [9.17, 15) is 9.28 Å². The van der Waals surface area contributed by atoms with Crippen LogP contribution in [0.5, 0.6) is 0 Å². The monoisotopic (exact) mass is 523 g/mol. The number of hydrogen-bond donors (Lipinski definition) is 0. The summed E-state index contributed by atoms with van der Waals surface area (Å²) in [5, 5.41) is 0.925. The Kier molecular flexibility index (Phi) is 7.80. The maximum absolute atomic E-state index is 15.0. The maximum Gasteiger partial charge on any atom is 0.165 e. The molecule has 1 aliphatic carbocycles. The van der Waals surface area contributed by atoms with E-state index >= 15 is 0 Å². The van der Waals surface area contributed by atoms with E-state index in [-0.39, 0.29) is 11.7 Å². The van der Waals surface area contributed by atoms with Gasteiger partial charge in [-0.3, -0.25) is 4.79 Å². The third-order valence-corrected chi connectivity index (χ3v) is 8.75. The molecule has 5 rings (SSSR count). The van der Waals surface area contributed by atoms with Gasteiger partial charge >= 0.3 is 0 Å². The summed E-state index contributed by atoms with van der Waals surface area (Å²) < 4.78 is 15.0. The molecular weight excluding hydrogens is 481 g/mol. The summed E-state index contributed by atoms with van der Waals surface area (Å²) >= 11 is 0. The molecule has 0 spiro atoms. The fraction of sp³-hybridized carbons (Fsp3) is 0.417. The predicted octanol–water partition coefficient (Wildman–Crippen LogP) is 9.58. The van der Waals surface area contributed by atoms with Crippen molar-refractivity contribution in [2.24, 2.45) is 5.92 Å². The summed E-state index contributed by atoms with van der Waals surface area (Å²) in [4.78, 5) is 13.0. The van der Waals surface area contributed by atoms with Gasteiger partial charge in [0.2, 0.25) is 0 Å². The van der Waals surface area contributed by atoms with E-state index in [1.807, 2.05) is 32.9 Å². The summed E-state index contributed by atoms with van der Waals surface area (Å²) in [6, 6.07) is 21.7. The van der Waals surface area contributed by atoms with Crippen molar-refractivity contribution in [3.05, 3.63) is 99.6 Å². The number of fused-ring (bicyclic) bond motifs is 2. The SMILES string of the molecule is CCCCc1ccc(C2=C(c3ccc4c(c3)CC(C)(C)N4F)CCCc3cc(C(=O)C(C)CC)ccc32)cc1. The fourth-order valence-electron chi connectivity index (χ4n) is 6.22. The average Bonchev–Trinajstić information content (AvgIpc) is 3.06. The number of unbranched alkanes of at least 4 members (excludes halogenated alkanes) is 1. The molecule has 1 heterocycles. The lowest BCUT2D eigenvalue weighted by molar-refractivity contribution is 0.0927. The molecule has 204 valence electrons. The molecule has 2 nitrogen and oxygen atoms in total. The van der Waals surface area contributed by atoms with Crippen molar-refractivity contribution in [3.63, 3.8) is 0 Å². The molecule has 3 heteroatoms. The molecule has 0 saturated heterocycles. The first-order chi connectivity index (χ1) is 18.7. The highest BCUT2D eigenvalue weighted by atomic mass is 19.2. The van der Waals surface area contributed by atoms with Gasteiger partial charge in [0.25, 0.3) is 0 Å². The number of nitrogens with zero attached hydrogens (tertiary/aromatic N) is 1. The molecule has 1 atom stereocenters. The van der Waals surface area contributed by atoms with E-state index in [0.717, 1.165) is 48.4 Å². The minimum absolute atomic E-state index is 0.0285. The van der Waals surface area contributed by atoms with Crippen LogP contribution in [0.3, 0.4) is 0 Å². The molecule has 0 aromatic heterocycles. The first-order valence-corrected chi connectivity index (χ1v) is 14.8. The quantitative estimate of drug-likeness (QED) is 0.216.